The molecule has 1 aromatic rings. The quantitative estimate of drug-likeness (QED) is 0.926. The molecule has 1 aromatic heterocycles. The molecule has 3 rings (SSSR count). The second-order valence-electron chi connectivity index (χ2n) is 6.26. The number of carbonyl (C=O) groups excluding carboxylic acids is 1. The molecule has 1 N–H and O–H groups in total. The van der Waals surface area contributed by atoms with Gasteiger partial charge in [0, 0.05) is 26.2 Å². The normalized spacial score (nSPS) is 23.8. The zero-order valence-electron chi connectivity index (χ0n) is 12.5. The number of aromatic nitrogens is 2. The first-order valence-corrected chi connectivity index (χ1v) is 8.22. The molecule has 1 saturated heterocycles. The molecule has 1 aliphatic heterocycles. The highest BCUT2D eigenvalue weighted by Gasteiger charge is 2.30. The van der Waals surface area contributed by atoms with Gasteiger partial charge in [0.2, 0.25) is 0 Å². The number of likely N-dealkylation sites (tertiary alicyclic amines) is 1. The molecule has 6 heteroatoms. The maximum absolute atomic E-state index is 12.2. The Morgan fingerprint density at radius 3 is 2.86 bits per heavy atom. The van der Waals surface area contributed by atoms with E-state index in [1.165, 1.54) is 49.5 Å². The van der Waals surface area contributed by atoms with Gasteiger partial charge in [-0.1, -0.05) is 24.4 Å². The molecule has 116 valence electrons. The Hall–Kier alpha value is -1.07. The number of carbonyl (C=O) groups is 1. The minimum atomic E-state index is -0.126. The Kier molecular flexibility index (Phi) is 4.50. The van der Waals surface area contributed by atoms with Crippen molar-refractivity contribution in [2.24, 2.45) is 13.0 Å². The van der Waals surface area contributed by atoms with Gasteiger partial charge in [0.25, 0.3) is 5.91 Å². The number of rotatable bonds is 4. The third kappa shape index (κ3) is 3.24. The van der Waals surface area contributed by atoms with Crippen molar-refractivity contribution < 1.29 is 4.79 Å². The highest BCUT2D eigenvalue weighted by Crippen LogP contribution is 2.28. The summed E-state index contributed by atoms with van der Waals surface area (Å²) in [4.78, 5) is 14.8. The smallest absolute Gasteiger partial charge is 0.271 e. The molecular weight excluding hydrogens is 288 g/mol. The van der Waals surface area contributed by atoms with E-state index in [-0.39, 0.29) is 5.91 Å². The van der Waals surface area contributed by atoms with E-state index in [4.69, 9.17) is 11.6 Å². The molecule has 0 radical (unpaired) electrons. The third-order valence-electron chi connectivity index (χ3n) is 4.82. The van der Waals surface area contributed by atoms with Crippen molar-refractivity contribution in [1.82, 2.24) is 20.0 Å². The van der Waals surface area contributed by atoms with Crippen LogP contribution < -0.4 is 5.32 Å². The number of nitrogens with zero attached hydrogens (tertiary/aromatic N) is 3. The fourth-order valence-corrected chi connectivity index (χ4v) is 3.87. The van der Waals surface area contributed by atoms with E-state index in [0.29, 0.717) is 16.6 Å². The van der Waals surface area contributed by atoms with Crippen molar-refractivity contribution in [3.63, 3.8) is 0 Å². The van der Waals surface area contributed by atoms with Crippen LogP contribution in [0.3, 0.4) is 0 Å². The fraction of sp³-hybridized carbons (Fsp3) is 0.733. The minimum Gasteiger partial charge on any atom is -0.350 e. The molecule has 0 bridgehead atoms. The van der Waals surface area contributed by atoms with Crippen LogP contribution in [0.25, 0.3) is 0 Å². The van der Waals surface area contributed by atoms with Crippen molar-refractivity contribution in [1.29, 1.82) is 0 Å². The van der Waals surface area contributed by atoms with Crippen LogP contribution >= 0.6 is 11.6 Å². The first kappa shape index (κ1) is 14.9. The summed E-state index contributed by atoms with van der Waals surface area (Å²) in [7, 11) is 1.73. The molecule has 1 amide bonds. The minimum absolute atomic E-state index is 0.126. The SMILES string of the molecule is Cn1ncc(Cl)c1C(=O)NCC1CCN(C2CCCC2)C1. The molecule has 0 aromatic carbocycles. The number of hydrogen-bond acceptors (Lipinski definition) is 3. The van der Waals surface area contributed by atoms with Crippen molar-refractivity contribution in [2.75, 3.05) is 19.6 Å². The molecule has 1 saturated carbocycles. The summed E-state index contributed by atoms with van der Waals surface area (Å²) < 4.78 is 1.52. The summed E-state index contributed by atoms with van der Waals surface area (Å²) in [5.41, 5.74) is 0.447. The Morgan fingerprint density at radius 1 is 1.43 bits per heavy atom. The Labute approximate surface area is 130 Å². The lowest BCUT2D eigenvalue weighted by molar-refractivity contribution is 0.0937. The van der Waals surface area contributed by atoms with E-state index in [1.54, 1.807) is 7.05 Å². The van der Waals surface area contributed by atoms with Gasteiger partial charge in [0.1, 0.15) is 5.69 Å². The maximum Gasteiger partial charge on any atom is 0.271 e. The van der Waals surface area contributed by atoms with Crippen LogP contribution in [0.15, 0.2) is 6.20 Å². The van der Waals surface area contributed by atoms with Crippen molar-refractivity contribution in [2.45, 2.75) is 38.1 Å². The standard InChI is InChI=1S/C15H23ClN4O/c1-19-14(13(16)9-18-19)15(21)17-8-11-6-7-20(10-11)12-4-2-3-5-12/h9,11-12H,2-8,10H2,1H3,(H,17,21). The zero-order valence-corrected chi connectivity index (χ0v) is 13.3. The highest BCUT2D eigenvalue weighted by molar-refractivity contribution is 6.33. The fourth-order valence-electron chi connectivity index (χ4n) is 3.62. The van der Waals surface area contributed by atoms with Crippen LogP contribution in [0.4, 0.5) is 0 Å². The molecular formula is C15H23ClN4O. The van der Waals surface area contributed by atoms with Gasteiger partial charge in [-0.25, -0.2) is 0 Å². The zero-order chi connectivity index (χ0) is 14.8. The Morgan fingerprint density at radius 2 is 2.19 bits per heavy atom. The number of aryl methyl sites for hydroxylation is 1. The van der Waals surface area contributed by atoms with E-state index in [0.717, 1.165) is 19.1 Å². The lowest BCUT2D eigenvalue weighted by Gasteiger charge is -2.23. The van der Waals surface area contributed by atoms with Crippen molar-refractivity contribution in [3.8, 4) is 0 Å². The van der Waals surface area contributed by atoms with E-state index in [2.05, 4.69) is 15.3 Å². The van der Waals surface area contributed by atoms with Crippen molar-refractivity contribution >= 4 is 17.5 Å². The van der Waals surface area contributed by atoms with Gasteiger partial charge in [0.15, 0.2) is 0 Å². The molecule has 1 unspecified atom stereocenters. The summed E-state index contributed by atoms with van der Waals surface area (Å²) in [6.45, 7) is 3.02. The lowest BCUT2D eigenvalue weighted by Crippen LogP contribution is -2.34. The predicted octanol–water partition coefficient (Wildman–Crippen LogP) is 2.07. The highest BCUT2D eigenvalue weighted by atomic mass is 35.5. The van der Waals surface area contributed by atoms with Gasteiger partial charge in [-0.2, -0.15) is 5.10 Å². The van der Waals surface area contributed by atoms with Crippen LogP contribution in [0.2, 0.25) is 5.02 Å². The second kappa shape index (κ2) is 6.36. The predicted molar refractivity (Wildman–Crippen MR) is 82.5 cm³/mol. The average molecular weight is 311 g/mol. The van der Waals surface area contributed by atoms with Gasteiger partial charge in [-0.15, -0.1) is 0 Å². The third-order valence-corrected chi connectivity index (χ3v) is 5.10. The van der Waals surface area contributed by atoms with Gasteiger partial charge < -0.3 is 10.2 Å². The molecule has 2 aliphatic rings. The van der Waals surface area contributed by atoms with E-state index in [1.807, 2.05) is 0 Å². The van der Waals surface area contributed by atoms with Gasteiger partial charge >= 0.3 is 0 Å². The monoisotopic (exact) mass is 310 g/mol. The summed E-state index contributed by atoms with van der Waals surface area (Å²) >= 11 is 5.99. The van der Waals surface area contributed by atoms with Gasteiger partial charge in [-0.05, 0) is 31.7 Å². The number of amides is 1. The molecule has 21 heavy (non-hydrogen) atoms. The van der Waals surface area contributed by atoms with Crippen LogP contribution in [0.5, 0.6) is 0 Å². The molecule has 2 heterocycles. The van der Waals surface area contributed by atoms with Crippen LogP contribution in [0, 0.1) is 5.92 Å². The van der Waals surface area contributed by atoms with E-state index in [9.17, 15) is 4.79 Å². The summed E-state index contributed by atoms with van der Waals surface area (Å²) in [6, 6.07) is 0.789. The number of nitrogens with one attached hydrogen (secondary N) is 1. The van der Waals surface area contributed by atoms with E-state index < -0.39 is 0 Å². The first-order chi connectivity index (χ1) is 10.1. The van der Waals surface area contributed by atoms with Crippen LogP contribution in [-0.2, 0) is 7.05 Å². The van der Waals surface area contributed by atoms with Crippen molar-refractivity contribution in [3.05, 3.63) is 16.9 Å². The van der Waals surface area contributed by atoms with Crippen LogP contribution in [-0.4, -0.2) is 46.3 Å². The molecule has 1 atom stereocenters. The summed E-state index contributed by atoms with van der Waals surface area (Å²) in [5.74, 6) is 0.431. The number of hydrogen-bond donors (Lipinski definition) is 1. The maximum atomic E-state index is 12.2. The van der Waals surface area contributed by atoms with Gasteiger partial charge in [0.05, 0.1) is 11.2 Å². The van der Waals surface area contributed by atoms with E-state index >= 15 is 0 Å². The van der Waals surface area contributed by atoms with Crippen LogP contribution in [0.1, 0.15) is 42.6 Å². The number of halogens is 1. The Balaban J connectivity index is 1.49. The first-order valence-electron chi connectivity index (χ1n) is 7.85. The molecule has 5 nitrogen and oxygen atoms in total. The molecule has 2 fully saturated rings. The largest absolute Gasteiger partial charge is 0.350 e. The second-order valence-corrected chi connectivity index (χ2v) is 6.67. The average Bonchev–Trinajstić information content (AvgIpc) is 3.17. The summed E-state index contributed by atoms with van der Waals surface area (Å²) in [5, 5.41) is 7.42. The molecule has 0 spiro atoms. The topological polar surface area (TPSA) is 50.2 Å². The Bertz CT molecular complexity index is 490. The molecule has 1 aliphatic carbocycles. The lowest BCUT2D eigenvalue weighted by atomic mass is 10.1. The summed E-state index contributed by atoms with van der Waals surface area (Å²) in [6.07, 6.45) is 8.14. The van der Waals surface area contributed by atoms with Gasteiger partial charge in [-0.3, -0.25) is 9.48 Å².